The molecule has 114 valence electrons. The van der Waals surface area contributed by atoms with Crippen molar-refractivity contribution in [2.24, 2.45) is 11.3 Å². The van der Waals surface area contributed by atoms with Gasteiger partial charge in [0.2, 0.25) is 0 Å². The van der Waals surface area contributed by atoms with E-state index in [1.54, 1.807) is 0 Å². The fraction of sp³-hybridized carbons (Fsp3) is 0.684. The van der Waals surface area contributed by atoms with E-state index in [2.05, 4.69) is 72.0 Å². The van der Waals surface area contributed by atoms with Gasteiger partial charge in [0.25, 0.3) is 0 Å². The molecule has 0 saturated carbocycles. The summed E-state index contributed by atoms with van der Waals surface area (Å²) in [5.74, 6) is 0.693. The van der Waals surface area contributed by atoms with Gasteiger partial charge in [-0.3, -0.25) is 0 Å². The maximum absolute atomic E-state index is 3.74. The molecule has 1 aromatic rings. The van der Waals surface area contributed by atoms with Crippen LogP contribution in [-0.4, -0.2) is 6.54 Å². The van der Waals surface area contributed by atoms with Gasteiger partial charge in [0, 0.05) is 6.04 Å². The zero-order valence-corrected chi connectivity index (χ0v) is 14.5. The predicted octanol–water partition coefficient (Wildman–Crippen LogP) is 5.42. The molecule has 20 heavy (non-hydrogen) atoms. The van der Waals surface area contributed by atoms with E-state index in [9.17, 15) is 0 Å². The van der Waals surface area contributed by atoms with E-state index in [0.717, 1.165) is 6.54 Å². The minimum atomic E-state index is 0.367. The molecule has 0 bridgehead atoms. The SMILES string of the molecule is CCCNC(CC(C)C(C)(C)C)c1ccc(C)c(C)c1. The number of aryl methyl sites for hydroxylation is 2. The van der Waals surface area contributed by atoms with Crippen LogP contribution in [0.4, 0.5) is 0 Å². The lowest BCUT2D eigenvalue weighted by molar-refractivity contribution is 0.223. The van der Waals surface area contributed by atoms with Crippen molar-refractivity contribution in [1.82, 2.24) is 5.32 Å². The molecule has 0 aliphatic rings. The predicted molar refractivity (Wildman–Crippen MR) is 90.2 cm³/mol. The molecule has 2 unspecified atom stereocenters. The van der Waals surface area contributed by atoms with Gasteiger partial charge in [0.1, 0.15) is 0 Å². The Balaban J connectivity index is 2.90. The van der Waals surface area contributed by atoms with Gasteiger partial charge >= 0.3 is 0 Å². The van der Waals surface area contributed by atoms with E-state index in [4.69, 9.17) is 0 Å². The molecule has 0 aliphatic heterocycles. The van der Waals surface area contributed by atoms with Crippen LogP contribution in [0.1, 0.15) is 70.2 Å². The third kappa shape index (κ3) is 4.94. The summed E-state index contributed by atoms with van der Waals surface area (Å²) in [7, 11) is 0. The third-order valence-corrected chi connectivity index (χ3v) is 4.64. The highest BCUT2D eigenvalue weighted by Crippen LogP contribution is 2.33. The normalized spacial score (nSPS) is 15.2. The first-order valence-corrected chi connectivity index (χ1v) is 8.06. The van der Waals surface area contributed by atoms with Gasteiger partial charge in [0.15, 0.2) is 0 Å². The van der Waals surface area contributed by atoms with Crippen molar-refractivity contribution in [1.29, 1.82) is 0 Å². The Labute approximate surface area is 126 Å². The summed E-state index contributed by atoms with van der Waals surface area (Å²) in [6.45, 7) is 17.1. The van der Waals surface area contributed by atoms with Crippen molar-refractivity contribution in [3.05, 3.63) is 34.9 Å². The van der Waals surface area contributed by atoms with Crippen LogP contribution >= 0.6 is 0 Å². The Kier molecular flexibility index (Phi) is 6.26. The van der Waals surface area contributed by atoms with Gasteiger partial charge < -0.3 is 5.32 Å². The zero-order valence-electron chi connectivity index (χ0n) is 14.5. The van der Waals surface area contributed by atoms with Gasteiger partial charge in [-0.1, -0.05) is 52.8 Å². The molecule has 0 radical (unpaired) electrons. The molecule has 1 heteroatoms. The van der Waals surface area contributed by atoms with Crippen LogP contribution in [0.2, 0.25) is 0 Å². The number of rotatable bonds is 6. The molecule has 1 rings (SSSR count). The Hall–Kier alpha value is -0.820. The summed E-state index contributed by atoms with van der Waals surface area (Å²) in [5, 5.41) is 3.74. The lowest BCUT2D eigenvalue weighted by Gasteiger charge is -2.31. The molecule has 0 aromatic heterocycles. The van der Waals surface area contributed by atoms with E-state index in [0.29, 0.717) is 17.4 Å². The highest BCUT2D eigenvalue weighted by atomic mass is 14.9. The molecule has 0 saturated heterocycles. The van der Waals surface area contributed by atoms with Crippen molar-refractivity contribution < 1.29 is 0 Å². The molecule has 0 heterocycles. The second-order valence-electron chi connectivity index (χ2n) is 7.35. The van der Waals surface area contributed by atoms with E-state index >= 15 is 0 Å². The number of nitrogens with one attached hydrogen (secondary N) is 1. The van der Waals surface area contributed by atoms with E-state index in [-0.39, 0.29) is 0 Å². The van der Waals surface area contributed by atoms with Gasteiger partial charge in [-0.25, -0.2) is 0 Å². The number of hydrogen-bond acceptors (Lipinski definition) is 1. The second-order valence-corrected chi connectivity index (χ2v) is 7.35. The van der Waals surface area contributed by atoms with Gasteiger partial charge in [-0.15, -0.1) is 0 Å². The van der Waals surface area contributed by atoms with Gasteiger partial charge in [0.05, 0.1) is 0 Å². The fourth-order valence-corrected chi connectivity index (χ4v) is 2.34. The second kappa shape index (κ2) is 7.26. The van der Waals surface area contributed by atoms with Gasteiger partial charge in [-0.2, -0.15) is 0 Å². The Morgan fingerprint density at radius 2 is 1.75 bits per heavy atom. The maximum Gasteiger partial charge on any atom is 0.0323 e. The molecule has 0 amide bonds. The molecule has 0 spiro atoms. The smallest absolute Gasteiger partial charge is 0.0323 e. The van der Waals surface area contributed by atoms with Crippen LogP contribution in [0.25, 0.3) is 0 Å². The van der Waals surface area contributed by atoms with Crippen molar-refractivity contribution in [3.8, 4) is 0 Å². The van der Waals surface area contributed by atoms with Crippen LogP contribution in [0, 0.1) is 25.2 Å². The molecular formula is C19H33N. The zero-order chi connectivity index (χ0) is 15.3. The summed E-state index contributed by atoms with van der Waals surface area (Å²) >= 11 is 0. The van der Waals surface area contributed by atoms with Gasteiger partial charge in [-0.05, 0) is 61.3 Å². The monoisotopic (exact) mass is 275 g/mol. The van der Waals surface area contributed by atoms with E-state index in [1.807, 2.05) is 0 Å². The molecule has 1 N–H and O–H groups in total. The lowest BCUT2D eigenvalue weighted by atomic mass is 9.77. The first-order valence-electron chi connectivity index (χ1n) is 8.06. The van der Waals surface area contributed by atoms with Crippen LogP contribution in [0.3, 0.4) is 0 Å². The van der Waals surface area contributed by atoms with Crippen LogP contribution in [0.5, 0.6) is 0 Å². The molecule has 0 aliphatic carbocycles. The first kappa shape index (κ1) is 17.2. The topological polar surface area (TPSA) is 12.0 Å². The number of hydrogen-bond donors (Lipinski definition) is 1. The van der Waals surface area contributed by atoms with Crippen molar-refractivity contribution in [2.45, 2.75) is 67.3 Å². The summed E-state index contributed by atoms with van der Waals surface area (Å²) in [4.78, 5) is 0. The minimum absolute atomic E-state index is 0.367. The molecular weight excluding hydrogens is 242 g/mol. The average molecular weight is 275 g/mol. The fourth-order valence-electron chi connectivity index (χ4n) is 2.34. The van der Waals surface area contributed by atoms with E-state index in [1.165, 1.54) is 29.5 Å². The Bertz CT molecular complexity index is 414. The highest BCUT2D eigenvalue weighted by molar-refractivity contribution is 5.31. The quantitative estimate of drug-likeness (QED) is 0.731. The summed E-state index contributed by atoms with van der Waals surface area (Å²) in [6, 6.07) is 7.39. The largest absolute Gasteiger partial charge is 0.310 e. The Morgan fingerprint density at radius 1 is 1.10 bits per heavy atom. The van der Waals surface area contributed by atoms with Crippen molar-refractivity contribution >= 4 is 0 Å². The minimum Gasteiger partial charge on any atom is -0.310 e. The van der Waals surface area contributed by atoms with Crippen LogP contribution < -0.4 is 5.32 Å². The molecule has 1 aromatic carbocycles. The molecule has 0 fully saturated rings. The number of benzene rings is 1. The third-order valence-electron chi connectivity index (χ3n) is 4.64. The maximum atomic E-state index is 3.74. The summed E-state index contributed by atoms with van der Waals surface area (Å²) in [6.07, 6.45) is 2.39. The standard InChI is InChI=1S/C19H33N/c1-8-11-20-18(13-16(4)19(5,6)7)17-10-9-14(2)15(3)12-17/h9-10,12,16,18,20H,8,11,13H2,1-7H3. The van der Waals surface area contributed by atoms with Crippen molar-refractivity contribution in [2.75, 3.05) is 6.54 Å². The summed E-state index contributed by atoms with van der Waals surface area (Å²) in [5.41, 5.74) is 4.59. The Morgan fingerprint density at radius 3 is 2.25 bits per heavy atom. The van der Waals surface area contributed by atoms with Crippen LogP contribution in [0.15, 0.2) is 18.2 Å². The lowest BCUT2D eigenvalue weighted by Crippen LogP contribution is -2.28. The first-order chi connectivity index (χ1) is 9.25. The average Bonchev–Trinajstić information content (AvgIpc) is 2.36. The van der Waals surface area contributed by atoms with E-state index < -0.39 is 0 Å². The van der Waals surface area contributed by atoms with Crippen molar-refractivity contribution in [3.63, 3.8) is 0 Å². The summed E-state index contributed by atoms with van der Waals surface area (Å²) < 4.78 is 0. The molecule has 1 nitrogen and oxygen atoms in total. The molecule has 2 atom stereocenters. The highest BCUT2D eigenvalue weighted by Gasteiger charge is 2.24. The van der Waals surface area contributed by atoms with Crippen LogP contribution in [-0.2, 0) is 0 Å².